The smallest absolute Gasteiger partial charge is 0.306 e. The summed E-state index contributed by atoms with van der Waals surface area (Å²) in [5.41, 5.74) is -0.320. The molecule has 4 nitrogen and oxygen atoms in total. The minimum absolute atomic E-state index is 0.255. The van der Waals surface area contributed by atoms with Gasteiger partial charge in [0.05, 0.1) is 12.0 Å². The summed E-state index contributed by atoms with van der Waals surface area (Å²) in [6.45, 7) is 1.52. The van der Waals surface area contributed by atoms with Crippen molar-refractivity contribution >= 4 is 5.97 Å². The lowest BCUT2D eigenvalue weighted by Gasteiger charge is -2.20. The Balaban J connectivity index is 2.63. The lowest BCUT2D eigenvalue weighted by atomic mass is 9.94. The van der Waals surface area contributed by atoms with Gasteiger partial charge in [-0.05, 0) is 24.6 Å². The summed E-state index contributed by atoms with van der Waals surface area (Å²) in [5, 5.41) is 18.3. The van der Waals surface area contributed by atoms with Crippen molar-refractivity contribution in [3.8, 4) is 0 Å². The van der Waals surface area contributed by atoms with Crippen LogP contribution in [0.4, 0.5) is 0 Å². The Bertz CT molecular complexity index is 308. The first-order chi connectivity index (χ1) is 6.49. The Morgan fingerprint density at radius 2 is 2.07 bits per heavy atom. The maximum absolute atomic E-state index is 10.4. The van der Waals surface area contributed by atoms with Gasteiger partial charge in [0.15, 0.2) is 0 Å². The number of aliphatic carboxylic acids is 1. The molecule has 0 aromatic carbocycles. The van der Waals surface area contributed by atoms with Crippen molar-refractivity contribution in [2.24, 2.45) is 0 Å². The molecule has 0 bridgehead atoms. The first kappa shape index (κ1) is 10.7. The van der Waals surface area contributed by atoms with E-state index in [1.165, 1.54) is 6.92 Å². The molecule has 76 valence electrons. The van der Waals surface area contributed by atoms with Crippen molar-refractivity contribution in [3.63, 3.8) is 0 Å². The summed E-state index contributed by atoms with van der Waals surface area (Å²) < 4.78 is 0. The van der Waals surface area contributed by atoms with Crippen LogP contribution in [0.5, 0.6) is 0 Å². The lowest BCUT2D eigenvalue weighted by Crippen LogP contribution is -2.30. The molecule has 0 fully saturated rings. The standard InChI is InChI=1S/C10H13NO3/c1-10(14,7-9(12)13)6-8-2-4-11-5-3-8/h2-5,14H,6-7H2,1H3,(H,12,13). The molecule has 1 unspecified atom stereocenters. The van der Waals surface area contributed by atoms with Crippen molar-refractivity contribution in [2.45, 2.75) is 25.4 Å². The first-order valence-electron chi connectivity index (χ1n) is 4.33. The molecular weight excluding hydrogens is 182 g/mol. The molecule has 1 rings (SSSR count). The van der Waals surface area contributed by atoms with Gasteiger partial charge in [-0.3, -0.25) is 9.78 Å². The van der Waals surface area contributed by atoms with Gasteiger partial charge < -0.3 is 10.2 Å². The molecule has 0 aliphatic carbocycles. The van der Waals surface area contributed by atoms with Gasteiger partial charge in [0.25, 0.3) is 0 Å². The highest BCUT2D eigenvalue weighted by atomic mass is 16.4. The second-order valence-corrected chi connectivity index (χ2v) is 3.60. The average molecular weight is 195 g/mol. The van der Waals surface area contributed by atoms with E-state index < -0.39 is 11.6 Å². The Morgan fingerprint density at radius 3 is 2.57 bits per heavy atom. The van der Waals surface area contributed by atoms with E-state index in [-0.39, 0.29) is 6.42 Å². The predicted octanol–water partition coefficient (Wildman–Crippen LogP) is 0.850. The average Bonchev–Trinajstić information content (AvgIpc) is 2.02. The van der Waals surface area contributed by atoms with Crippen LogP contribution in [-0.4, -0.2) is 26.8 Å². The van der Waals surface area contributed by atoms with Crippen LogP contribution >= 0.6 is 0 Å². The summed E-state index contributed by atoms with van der Waals surface area (Å²) in [7, 11) is 0. The largest absolute Gasteiger partial charge is 0.481 e. The number of hydrogen-bond acceptors (Lipinski definition) is 3. The number of nitrogens with zero attached hydrogens (tertiary/aromatic N) is 1. The quantitative estimate of drug-likeness (QED) is 0.747. The molecule has 0 saturated carbocycles. The minimum Gasteiger partial charge on any atom is -0.481 e. The van der Waals surface area contributed by atoms with Crippen molar-refractivity contribution in [1.29, 1.82) is 0 Å². The van der Waals surface area contributed by atoms with E-state index in [9.17, 15) is 9.90 Å². The molecule has 2 N–H and O–H groups in total. The highest BCUT2D eigenvalue weighted by Gasteiger charge is 2.24. The number of carboxylic acid groups (broad SMARTS) is 1. The predicted molar refractivity (Wildman–Crippen MR) is 50.8 cm³/mol. The van der Waals surface area contributed by atoms with E-state index in [4.69, 9.17) is 5.11 Å². The third-order valence-electron chi connectivity index (χ3n) is 1.87. The van der Waals surface area contributed by atoms with E-state index >= 15 is 0 Å². The second kappa shape index (κ2) is 4.19. The van der Waals surface area contributed by atoms with Crippen LogP contribution in [0.3, 0.4) is 0 Å². The molecule has 1 heterocycles. The fourth-order valence-electron chi connectivity index (χ4n) is 1.33. The van der Waals surface area contributed by atoms with Crippen LogP contribution in [0, 0.1) is 0 Å². The number of pyridine rings is 1. The van der Waals surface area contributed by atoms with Gasteiger partial charge in [0, 0.05) is 18.8 Å². The van der Waals surface area contributed by atoms with Crippen LogP contribution in [0.2, 0.25) is 0 Å². The zero-order valence-electron chi connectivity index (χ0n) is 7.97. The fraction of sp³-hybridized carbons (Fsp3) is 0.400. The molecule has 14 heavy (non-hydrogen) atoms. The van der Waals surface area contributed by atoms with Gasteiger partial charge in [-0.15, -0.1) is 0 Å². The summed E-state index contributed by atoms with van der Waals surface area (Å²) in [6.07, 6.45) is 3.30. The molecule has 0 radical (unpaired) electrons. The molecule has 0 amide bonds. The van der Waals surface area contributed by atoms with Gasteiger partial charge in [0.2, 0.25) is 0 Å². The fourth-order valence-corrected chi connectivity index (χ4v) is 1.33. The Morgan fingerprint density at radius 1 is 1.50 bits per heavy atom. The first-order valence-corrected chi connectivity index (χ1v) is 4.33. The number of rotatable bonds is 4. The maximum Gasteiger partial charge on any atom is 0.306 e. The zero-order chi connectivity index (χ0) is 10.6. The molecule has 0 saturated heterocycles. The van der Waals surface area contributed by atoms with Crippen molar-refractivity contribution < 1.29 is 15.0 Å². The van der Waals surface area contributed by atoms with E-state index in [2.05, 4.69) is 4.98 Å². The molecule has 4 heteroatoms. The zero-order valence-corrected chi connectivity index (χ0v) is 7.97. The van der Waals surface area contributed by atoms with Gasteiger partial charge >= 0.3 is 5.97 Å². The minimum atomic E-state index is -1.20. The lowest BCUT2D eigenvalue weighted by molar-refractivity contribution is -0.141. The molecule has 0 aliphatic rings. The summed E-state index contributed by atoms with van der Waals surface area (Å²) >= 11 is 0. The van der Waals surface area contributed by atoms with Crippen LogP contribution < -0.4 is 0 Å². The van der Waals surface area contributed by atoms with Gasteiger partial charge in [0.1, 0.15) is 0 Å². The highest BCUT2D eigenvalue weighted by Crippen LogP contribution is 2.16. The Labute approximate surface area is 82.2 Å². The SMILES string of the molecule is CC(O)(CC(=O)O)Cc1ccncc1. The van der Waals surface area contributed by atoms with Gasteiger partial charge in [-0.2, -0.15) is 0 Å². The molecule has 1 aromatic rings. The van der Waals surface area contributed by atoms with E-state index in [0.29, 0.717) is 6.42 Å². The van der Waals surface area contributed by atoms with Crippen molar-refractivity contribution in [1.82, 2.24) is 4.98 Å². The highest BCUT2D eigenvalue weighted by molar-refractivity contribution is 5.68. The van der Waals surface area contributed by atoms with Crippen LogP contribution in [0.25, 0.3) is 0 Å². The molecule has 1 aromatic heterocycles. The molecule has 0 aliphatic heterocycles. The molecular formula is C10H13NO3. The number of hydrogen-bond donors (Lipinski definition) is 2. The third-order valence-corrected chi connectivity index (χ3v) is 1.87. The summed E-state index contributed by atoms with van der Waals surface area (Å²) in [4.78, 5) is 14.3. The number of aliphatic hydroxyl groups is 1. The maximum atomic E-state index is 10.4. The van der Waals surface area contributed by atoms with Gasteiger partial charge in [-0.25, -0.2) is 0 Å². The normalized spacial score (nSPS) is 14.7. The van der Waals surface area contributed by atoms with Crippen LogP contribution in [-0.2, 0) is 11.2 Å². The summed E-state index contributed by atoms with van der Waals surface area (Å²) in [6, 6.07) is 3.52. The number of carboxylic acids is 1. The monoisotopic (exact) mass is 195 g/mol. The van der Waals surface area contributed by atoms with E-state index in [1.807, 2.05) is 0 Å². The van der Waals surface area contributed by atoms with Crippen LogP contribution in [0.1, 0.15) is 18.9 Å². The topological polar surface area (TPSA) is 70.4 Å². The Hall–Kier alpha value is -1.42. The number of aromatic nitrogens is 1. The third kappa shape index (κ3) is 3.53. The second-order valence-electron chi connectivity index (χ2n) is 3.60. The van der Waals surface area contributed by atoms with Crippen molar-refractivity contribution in [2.75, 3.05) is 0 Å². The molecule has 1 atom stereocenters. The van der Waals surface area contributed by atoms with Crippen LogP contribution in [0.15, 0.2) is 24.5 Å². The number of carbonyl (C=O) groups is 1. The van der Waals surface area contributed by atoms with E-state index in [0.717, 1.165) is 5.56 Å². The van der Waals surface area contributed by atoms with Crippen molar-refractivity contribution in [3.05, 3.63) is 30.1 Å². The summed E-state index contributed by atoms with van der Waals surface area (Å²) in [5.74, 6) is -0.996. The van der Waals surface area contributed by atoms with E-state index in [1.54, 1.807) is 24.5 Å². The van der Waals surface area contributed by atoms with Gasteiger partial charge in [-0.1, -0.05) is 0 Å². The molecule has 0 spiro atoms. The Kier molecular flexibility index (Phi) is 3.19.